The lowest BCUT2D eigenvalue weighted by Gasteiger charge is -2.16. The summed E-state index contributed by atoms with van der Waals surface area (Å²) in [6.07, 6.45) is 9.75. The van der Waals surface area contributed by atoms with Gasteiger partial charge in [0.1, 0.15) is 6.61 Å². The molecule has 0 fully saturated rings. The van der Waals surface area contributed by atoms with E-state index in [1.807, 2.05) is 30.3 Å². The normalized spacial score (nSPS) is 11.2. The second-order valence-corrected chi connectivity index (χ2v) is 4.52. The smallest absolute Gasteiger partial charge is 0.407 e. The molecule has 1 N–H and O–H groups in total. The maximum atomic E-state index is 11.7. The lowest BCUT2D eigenvalue weighted by atomic mass is 10.1. The van der Waals surface area contributed by atoms with Crippen LogP contribution in [-0.2, 0) is 11.3 Å². The topological polar surface area (TPSA) is 38.3 Å². The molecular weight excluding hydrogens is 250 g/mol. The van der Waals surface area contributed by atoms with Crippen LogP contribution in [0, 0.1) is 12.3 Å². The zero-order chi connectivity index (χ0) is 14.6. The molecule has 0 unspecified atom stereocenters. The number of alkyl carbamates (subject to hydrolysis) is 1. The van der Waals surface area contributed by atoms with Gasteiger partial charge in [-0.1, -0.05) is 36.4 Å². The molecule has 0 saturated heterocycles. The lowest BCUT2D eigenvalue weighted by Crippen LogP contribution is -2.34. The molecule has 0 radical (unpaired) electrons. The average Bonchev–Trinajstić information content (AvgIpc) is 2.47. The minimum atomic E-state index is -0.401. The van der Waals surface area contributed by atoms with Gasteiger partial charge in [0, 0.05) is 12.5 Å². The van der Waals surface area contributed by atoms with E-state index in [-0.39, 0.29) is 12.6 Å². The first-order valence-corrected chi connectivity index (χ1v) is 6.78. The van der Waals surface area contributed by atoms with Crippen molar-refractivity contribution in [3.05, 3.63) is 48.6 Å². The van der Waals surface area contributed by atoms with Crippen LogP contribution in [0.4, 0.5) is 4.79 Å². The second kappa shape index (κ2) is 9.69. The summed E-state index contributed by atoms with van der Waals surface area (Å²) in [7, 11) is 0. The number of unbranched alkanes of at least 4 members (excludes halogenated alkanes) is 1. The number of hydrogen-bond donors (Lipinski definition) is 1. The SMILES string of the molecule is C#CCCC[C@@H](CC=C)NC(=O)OCc1ccccc1. The Morgan fingerprint density at radius 3 is 2.85 bits per heavy atom. The van der Waals surface area contributed by atoms with Crippen LogP contribution >= 0.6 is 0 Å². The van der Waals surface area contributed by atoms with Crippen LogP contribution in [0.5, 0.6) is 0 Å². The van der Waals surface area contributed by atoms with E-state index in [2.05, 4.69) is 17.8 Å². The van der Waals surface area contributed by atoms with Crippen LogP contribution in [0.3, 0.4) is 0 Å². The summed E-state index contributed by atoms with van der Waals surface area (Å²) in [6.45, 7) is 3.97. The molecule has 1 rings (SSSR count). The molecule has 0 aliphatic rings. The van der Waals surface area contributed by atoms with Crippen molar-refractivity contribution in [1.29, 1.82) is 0 Å². The number of ether oxygens (including phenoxy) is 1. The molecule has 1 aromatic carbocycles. The van der Waals surface area contributed by atoms with Crippen molar-refractivity contribution in [1.82, 2.24) is 5.32 Å². The van der Waals surface area contributed by atoms with Gasteiger partial charge in [0.25, 0.3) is 0 Å². The third-order valence-corrected chi connectivity index (χ3v) is 2.86. The second-order valence-electron chi connectivity index (χ2n) is 4.52. The fourth-order valence-electron chi connectivity index (χ4n) is 1.83. The Balaban J connectivity index is 2.33. The van der Waals surface area contributed by atoms with Crippen LogP contribution < -0.4 is 5.32 Å². The van der Waals surface area contributed by atoms with Crippen molar-refractivity contribution in [2.75, 3.05) is 0 Å². The number of hydrogen-bond acceptors (Lipinski definition) is 2. The molecular formula is C17H21NO2. The highest BCUT2D eigenvalue weighted by molar-refractivity contribution is 5.67. The molecule has 20 heavy (non-hydrogen) atoms. The molecule has 0 heterocycles. The molecule has 3 heteroatoms. The first-order chi connectivity index (χ1) is 9.76. The highest BCUT2D eigenvalue weighted by Crippen LogP contribution is 2.06. The van der Waals surface area contributed by atoms with Crippen LogP contribution in [-0.4, -0.2) is 12.1 Å². The van der Waals surface area contributed by atoms with E-state index in [9.17, 15) is 4.79 Å². The van der Waals surface area contributed by atoms with Gasteiger partial charge < -0.3 is 10.1 Å². The Morgan fingerprint density at radius 2 is 2.20 bits per heavy atom. The molecule has 0 aliphatic heterocycles. The Hall–Kier alpha value is -2.21. The summed E-state index contributed by atoms with van der Waals surface area (Å²) in [5.41, 5.74) is 0.968. The number of nitrogens with one attached hydrogen (secondary N) is 1. The molecule has 0 spiro atoms. The minimum absolute atomic E-state index is 0.0316. The maximum Gasteiger partial charge on any atom is 0.407 e. The quantitative estimate of drug-likeness (QED) is 0.445. The molecule has 3 nitrogen and oxygen atoms in total. The predicted octanol–water partition coefficient (Wildman–Crippen LogP) is 3.66. The predicted molar refractivity (Wildman–Crippen MR) is 81.0 cm³/mol. The van der Waals surface area contributed by atoms with Crippen molar-refractivity contribution >= 4 is 6.09 Å². The highest BCUT2D eigenvalue weighted by atomic mass is 16.5. The number of carbonyl (C=O) groups is 1. The van der Waals surface area contributed by atoms with Crippen LogP contribution in [0.25, 0.3) is 0 Å². The monoisotopic (exact) mass is 271 g/mol. The number of terminal acetylenes is 1. The van der Waals surface area contributed by atoms with Gasteiger partial charge in [0.05, 0.1) is 0 Å². The number of carbonyl (C=O) groups excluding carboxylic acids is 1. The number of benzene rings is 1. The summed E-state index contributed by atoms with van der Waals surface area (Å²) in [6, 6.07) is 9.62. The Bertz CT molecular complexity index is 448. The Kier molecular flexibility index (Phi) is 7.67. The zero-order valence-electron chi connectivity index (χ0n) is 11.7. The van der Waals surface area contributed by atoms with Crippen LogP contribution in [0.1, 0.15) is 31.2 Å². The van der Waals surface area contributed by atoms with Gasteiger partial charge in [0.2, 0.25) is 0 Å². The minimum Gasteiger partial charge on any atom is -0.445 e. The molecule has 106 valence electrons. The highest BCUT2D eigenvalue weighted by Gasteiger charge is 2.11. The van der Waals surface area contributed by atoms with Crippen LogP contribution in [0.2, 0.25) is 0 Å². The molecule has 1 aromatic rings. The van der Waals surface area contributed by atoms with E-state index in [4.69, 9.17) is 11.2 Å². The van der Waals surface area contributed by atoms with Gasteiger partial charge in [-0.15, -0.1) is 18.9 Å². The van der Waals surface area contributed by atoms with Gasteiger partial charge in [-0.05, 0) is 24.8 Å². The average molecular weight is 271 g/mol. The standard InChI is InChI=1S/C17H21NO2/c1-3-5-7-13-16(10-4-2)18-17(19)20-14-15-11-8-6-9-12-15/h1,4,6,8-9,11-12,16H,2,5,7,10,13-14H2,(H,18,19)/t16-/m1/s1. The first-order valence-electron chi connectivity index (χ1n) is 6.78. The first kappa shape index (κ1) is 15.8. The fourth-order valence-corrected chi connectivity index (χ4v) is 1.83. The largest absolute Gasteiger partial charge is 0.445 e. The van der Waals surface area contributed by atoms with Crippen molar-refractivity contribution in [2.24, 2.45) is 0 Å². The van der Waals surface area contributed by atoms with E-state index in [0.29, 0.717) is 12.8 Å². The third-order valence-electron chi connectivity index (χ3n) is 2.86. The van der Waals surface area contributed by atoms with Crippen molar-refractivity contribution in [2.45, 2.75) is 38.3 Å². The van der Waals surface area contributed by atoms with E-state index in [1.54, 1.807) is 6.08 Å². The van der Waals surface area contributed by atoms with E-state index in [0.717, 1.165) is 18.4 Å². The Labute approximate surface area is 121 Å². The Morgan fingerprint density at radius 1 is 1.45 bits per heavy atom. The van der Waals surface area contributed by atoms with Crippen molar-refractivity contribution in [3.8, 4) is 12.3 Å². The van der Waals surface area contributed by atoms with E-state index < -0.39 is 6.09 Å². The molecule has 1 atom stereocenters. The van der Waals surface area contributed by atoms with E-state index in [1.165, 1.54) is 0 Å². The molecule has 0 aromatic heterocycles. The van der Waals surface area contributed by atoms with Gasteiger partial charge in [-0.25, -0.2) is 4.79 Å². The summed E-state index contributed by atoms with van der Waals surface area (Å²) >= 11 is 0. The van der Waals surface area contributed by atoms with Crippen molar-refractivity contribution in [3.63, 3.8) is 0 Å². The molecule has 0 saturated carbocycles. The van der Waals surface area contributed by atoms with Gasteiger partial charge in [0.15, 0.2) is 0 Å². The summed E-state index contributed by atoms with van der Waals surface area (Å²) in [4.78, 5) is 11.7. The lowest BCUT2D eigenvalue weighted by molar-refractivity contribution is 0.135. The summed E-state index contributed by atoms with van der Waals surface area (Å²) in [5.74, 6) is 2.60. The van der Waals surface area contributed by atoms with Gasteiger partial charge in [-0.2, -0.15) is 0 Å². The number of amides is 1. The molecule has 1 amide bonds. The zero-order valence-corrected chi connectivity index (χ0v) is 11.7. The molecule has 0 bridgehead atoms. The maximum absolute atomic E-state index is 11.7. The summed E-state index contributed by atoms with van der Waals surface area (Å²) in [5, 5.41) is 2.85. The van der Waals surface area contributed by atoms with Gasteiger partial charge in [-0.3, -0.25) is 0 Å². The van der Waals surface area contributed by atoms with Crippen LogP contribution in [0.15, 0.2) is 43.0 Å². The van der Waals surface area contributed by atoms with Gasteiger partial charge >= 0.3 is 6.09 Å². The van der Waals surface area contributed by atoms with E-state index >= 15 is 0 Å². The number of rotatable bonds is 8. The molecule has 0 aliphatic carbocycles. The fraction of sp³-hybridized carbons (Fsp3) is 0.353. The summed E-state index contributed by atoms with van der Waals surface area (Å²) < 4.78 is 5.19. The third kappa shape index (κ3) is 6.65. The van der Waals surface area contributed by atoms with Crippen molar-refractivity contribution < 1.29 is 9.53 Å².